The molecule has 0 aliphatic carbocycles. The van der Waals surface area contributed by atoms with Crippen LogP contribution in [-0.2, 0) is 6.54 Å². The lowest BCUT2D eigenvalue weighted by molar-refractivity contribution is 0.0937. The lowest BCUT2D eigenvalue weighted by atomic mass is 10.2. The molecule has 5 nitrogen and oxygen atoms in total. The lowest BCUT2D eigenvalue weighted by Gasteiger charge is -2.14. The van der Waals surface area contributed by atoms with Crippen LogP contribution in [-0.4, -0.2) is 20.7 Å². The number of carbonyl (C=O) groups is 1. The molecular formula is C13H14Cl2N4OS. The number of benzene rings is 1. The van der Waals surface area contributed by atoms with Crippen LogP contribution in [0.1, 0.15) is 36.1 Å². The molecule has 1 heterocycles. The van der Waals surface area contributed by atoms with E-state index in [2.05, 4.69) is 15.5 Å². The van der Waals surface area contributed by atoms with E-state index >= 15 is 0 Å². The third-order valence-corrected chi connectivity index (χ3v) is 4.07. The zero-order valence-corrected chi connectivity index (χ0v) is 13.8. The van der Waals surface area contributed by atoms with Crippen LogP contribution in [0.5, 0.6) is 0 Å². The molecule has 0 radical (unpaired) electrons. The summed E-state index contributed by atoms with van der Waals surface area (Å²) < 4.78 is 2.36. The Bertz CT molecular complexity index is 725. The molecule has 112 valence electrons. The Morgan fingerprint density at radius 1 is 1.48 bits per heavy atom. The van der Waals surface area contributed by atoms with Crippen molar-refractivity contribution in [3.8, 4) is 0 Å². The van der Waals surface area contributed by atoms with E-state index in [0.717, 1.165) is 0 Å². The predicted molar refractivity (Wildman–Crippen MR) is 85.4 cm³/mol. The number of hydrogen-bond acceptors (Lipinski definition) is 3. The van der Waals surface area contributed by atoms with Crippen LogP contribution in [0.2, 0.25) is 10.0 Å². The maximum absolute atomic E-state index is 12.2. The highest BCUT2D eigenvalue weighted by Crippen LogP contribution is 2.23. The van der Waals surface area contributed by atoms with Crippen molar-refractivity contribution >= 4 is 41.3 Å². The van der Waals surface area contributed by atoms with Crippen molar-refractivity contribution in [3.63, 3.8) is 0 Å². The van der Waals surface area contributed by atoms with Gasteiger partial charge < -0.3 is 9.88 Å². The zero-order chi connectivity index (χ0) is 15.6. The van der Waals surface area contributed by atoms with Crippen LogP contribution in [0.15, 0.2) is 18.2 Å². The first-order valence-corrected chi connectivity index (χ1v) is 7.51. The summed E-state index contributed by atoms with van der Waals surface area (Å²) in [5.41, 5.74) is 0.438. The number of halogens is 2. The number of H-pyrrole nitrogens is 1. The van der Waals surface area contributed by atoms with Crippen LogP contribution in [0.3, 0.4) is 0 Å². The summed E-state index contributed by atoms with van der Waals surface area (Å²) in [6.07, 6.45) is 0. The second kappa shape index (κ2) is 6.60. The summed E-state index contributed by atoms with van der Waals surface area (Å²) in [7, 11) is 0. The van der Waals surface area contributed by atoms with Gasteiger partial charge in [0.2, 0.25) is 0 Å². The largest absolute Gasteiger partial charge is 0.342 e. The van der Waals surface area contributed by atoms with Crippen molar-refractivity contribution < 1.29 is 4.79 Å². The summed E-state index contributed by atoms with van der Waals surface area (Å²) in [6.45, 7) is 4.48. The van der Waals surface area contributed by atoms with Crippen molar-refractivity contribution in [2.75, 3.05) is 0 Å². The van der Waals surface area contributed by atoms with Gasteiger partial charge in [-0.2, -0.15) is 5.10 Å². The van der Waals surface area contributed by atoms with Gasteiger partial charge in [-0.05, 0) is 44.3 Å². The van der Waals surface area contributed by atoms with Crippen LogP contribution >= 0.6 is 35.4 Å². The molecule has 2 N–H and O–H groups in total. The molecule has 0 bridgehead atoms. The van der Waals surface area contributed by atoms with Crippen molar-refractivity contribution in [2.45, 2.75) is 26.4 Å². The van der Waals surface area contributed by atoms with Gasteiger partial charge >= 0.3 is 0 Å². The van der Waals surface area contributed by atoms with Gasteiger partial charge in [0, 0.05) is 12.1 Å². The minimum atomic E-state index is -0.292. The number of aromatic nitrogens is 3. The third kappa shape index (κ3) is 3.45. The maximum Gasteiger partial charge on any atom is 0.251 e. The van der Waals surface area contributed by atoms with Crippen molar-refractivity contribution in [1.82, 2.24) is 20.1 Å². The number of aromatic amines is 1. The van der Waals surface area contributed by atoms with E-state index in [0.29, 0.717) is 32.7 Å². The van der Waals surface area contributed by atoms with Gasteiger partial charge in [-0.1, -0.05) is 23.2 Å². The topological polar surface area (TPSA) is 62.7 Å². The van der Waals surface area contributed by atoms with E-state index in [1.165, 1.54) is 6.07 Å². The summed E-state index contributed by atoms with van der Waals surface area (Å²) in [6, 6.07) is 4.45. The van der Waals surface area contributed by atoms with Gasteiger partial charge in [0.05, 0.1) is 16.1 Å². The first kappa shape index (κ1) is 16.0. The van der Waals surface area contributed by atoms with E-state index < -0.39 is 0 Å². The first-order valence-electron chi connectivity index (χ1n) is 6.35. The molecule has 0 fully saturated rings. The number of hydrogen-bond donors (Lipinski definition) is 2. The Morgan fingerprint density at radius 3 is 2.81 bits per heavy atom. The van der Waals surface area contributed by atoms with Crippen LogP contribution in [0.4, 0.5) is 0 Å². The maximum atomic E-state index is 12.2. The first-order chi connectivity index (χ1) is 9.93. The number of nitrogens with one attached hydrogen (secondary N) is 2. The molecule has 1 aromatic heterocycles. The molecule has 2 aromatic rings. The second-order valence-corrected chi connectivity index (χ2v) is 5.66. The van der Waals surface area contributed by atoms with Crippen molar-refractivity contribution in [3.05, 3.63) is 44.4 Å². The Balaban J connectivity index is 2.18. The summed E-state index contributed by atoms with van der Waals surface area (Å²) in [5, 5.41) is 10.5. The van der Waals surface area contributed by atoms with Crippen molar-refractivity contribution in [2.24, 2.45) is 0 Å². The Kier molecular flexibility index (Phi) is 5.03. The Hall–Kier alpha value is -1.37. The molecule has 1 atom stereocenters. The summed E-state index contributed by atoms with van der Waals surface area (Å²) in [4.78, 5) is 12.2. The molecule has 21 heavy (non-hydrogen) atoms. The molecule has 0 saturated heterocycles. The highest BCUT2D eigenvalue weighted by Gasteiger charge is 2.17. The predicted octanol–water partition coefficient (Wildman–Crippen LogP) is 3.76. The van der Waals surface area contributed by atoms with E-state index in [-0.39, 0.29) is 11.9 Å². The van der Waals surface area contributed by atoms with E-state index in [4.69, 9.17) is 35.4 Å². The monoisotopic (exact) mass is 344 g/mol. The molecule has 0 aliphatic rings. The zero-order valence-electron chi connectivity index (χ0n) is 11.5. The number of nitrogens with zero attached hydrogens (tertiary/aromatic N) is 2. The average molecular weight is 345 g/mol. The van der Waals surface area contributed by atoms with Crippen LogP contribution < -0.4 is 5.32 Å². The molecular weight excluding hydrogens is 331 g/mol. The number of amides is 1. The fraction of sp³-hybridized carbons (Fsp3) is 0.308. The van der Waals surface area contributed by atoms with Crippen LogP contribution in [0.25, 0.3) is 0 Å². The molecule has 8 heteroatoms. The second-order valence-electron chi connectivity index (χ2n) is 4.46. The molecule has 0 spiro atoms. The fourth-order valence-electron chi connectivity index (χ4n) is 1.95. The van der Waals surface area contributed by atoms with Gasteiger partial charge in [-0.3, -0.25) is 9.89 Å². The quantitative estimate of drug-likeness (QED) is 0.830. The van der Waals surface area contributed by atoms with Crippen LogP contribution in [0, 0.1) is 4.77 Å². The average Bonchev–Trinajstić information content (AvgIpc) is 2.82. The minimum Gasteiger partial charge on any atom is -0.342 e. The highest BCUT2D eigenvalue weighted by molar-refractivity contribution is 7.71. The van der Waals surface area contributed by atoms with E-state index in [9.17, 15) is 4.79 Å². The molecule has 2 rings (SSSR count). The van der Waals surface area contributed by atoms with Gasteiger partial charge in [-0.25, -0.2) is 0 Å². The number of carbonyl (C=O) groups excluding carboxylic acids is 1. The van der Waals surface area contributed by atoms with Gasteiger partial charge in [0.15, 0.2) is 10.6 Å². The van der Waals surface area contributed by atoms with E-state index in [1.807, 2.05) is 18.4 Å². The smallest absolute Gasteiger partial charge is 0.251 e. The SMILES string of the molecule is CCn1c(C(C)NC(=O)c2ccc(Cl)c(Cl)c2)n[nH]c1=S. The molecule has 0 aliphatic heterocycles. The molecule has 1 unspecified atom stereocenters. The lowest BCUT2D eigenvalue weighted by Crippen LogP contribution is -2.28. The van der Waals surface area contributed by atoms with E-state index in [1.54, 1.807) is 12.1 Å². The highest BCUT2D eigenvalue weighted by atomic mass is 35.5. The standard InChI is InChI=1S/C13H14Cl2N4OS/c1-3-19-11(17-18-13(19)21)7(2)16-12(20)8-4-5-9(14)10(15)6-8/h4-7H,3H2,1-2H3,(H,16,20)(H,18,21). The van der Waals surface area contributed by atoms with Gasteiger partial charge in [0.25, 0.3) is 5.91 Å². The normalized spacial score (nSPS) is 12.2. The van der Waals surface area contributed by atoms with Gasteiger partial charge in [0.1, 0.15) is 0 Å². The Morgan fingerprint density at radius 2 is 2.19 bits per heavy atom. The van der Waals surface area contributed by atoms with Gasteiger partial charge in [-0.15, -0.1) is 0 Å². The number of rotatable bonds is 4. The summed E-state index contributed by atoms with van der Waals surface area (Å²) >= 11 is 16.9. The molecule has 1 amide bonds. The molecule has 1 aromatic carbocycles. The summed E-state index contributed by atoms with van der Waals surface area (Å²) in [5.74, 6) is 0.425. The minimum absolute atomic E-state index is 0.252. The molecule has 0 saturated carbocycles. The van der Waals surface area contributed by atoms with Crippen molar-refractivity contribution in [1.29, 1.82) is 0 Å². The Labute approximate surface area is 137 Å². The third-order valence-electron chi connectivity index (χ3n) is 3.02. The fourth-order valence-corrected chi connectivity index (χ4v) is 2.51.